The lowest BCUT2D eigenvalue weighted by Crippen LogP contribution is -2.46. The van der Waals surface area contributed by atoms with Gasteiger partial charge in [-0.2, -0.15) is 0 Å². The molecule has 2 aromatic rings. The Morgan fingerprint density at radius 2 is 1.52 bits per heavy atom. The summed E-state index contributed by atoms with van der Waals surface area (Å²) < 4.78 is 24.2. The van der Waals surface area contributed by atoms with Crippen LogP contribution >= 0.6 is 0 Å². The van der Waals surface area contributed by atoms with E-state index in [0.29, 0.717) is 13.1 Å². The van der Waals surface area contributed by atoms with E-state index in [0.717, 1.165) is 35.8 Å². The third kappa shape index (κ3) is 3.17. The standard InChI is InChI=1S/C18H24N4O2S/c1-14-13-22(11-12-25(14,23)24)18-17(21-9-5-2-6-10-21)19-15-7-3-4-8-16(15)20-18/h3-4,7-8,14H,2,5-6,9-13H2,1H3. The molecule has 1 aromatic carbocycles. The van der Waals surface area contributed by atoms with E-state index < -0.39 is 9.84 Å². The molecule has 1 atom stereocenters. The van der Waals surface area contributed by atoms with Gasteiger partial charge in [0, 0.05) is 26.2 Å². The molecule has 7 heteroatoms. The first-order valence-electron chi connectivity index (χ1n) is 9.03. The molecule has 2 fully saturated rings. The average Bonchev–Trinajstić information content (AvgIpc) is 2.64. The van der Waals surface area contributed by atoms with Crippen molar-refractivity contribution in [2.45, 2.75) is 31.4 Å². The van der Waals surface area contributed by atoms with Gasteiger partial charge in [0.15, 0.2) is 21.5 Å². The Labute approximate surface area is 148 Å². The lowest BCUT2D eigenvalue weighted by molar-refractivity contribution is 0.563. The van der Waals surface area contributed by atoms with E-state index in [-0.39, 0.29) is 11.0 Å². The molecule has 0 radical (unpaired) electrons. The van der Waals surface area contributed by atoms with Crippen molar-refractivity contribution >= 4 is 32.5 Å². The Morgan fingerprint density at radius 3 is 2.12 bits per heavy atom. The number of fused-ring (bicyclic) bond motifs is 1. The number of nitrogens with zero attached hydrogens (tertiary/aromatic N) is 4. The van der Waals surface area contributed by atoms with Crippen molar-refractivity contribution < 1.29 is 8.42 Å². The number of hydrogen-bond donors (Lipinski definition) is 0. The van der Waals surface area contributed by atoms with Gasteiger partial charge >= 0.3 is 0 Å². The summed E-state index contributed by atoms with van der Waals surface area (Å²) in [6, 6.07) is 7.90. The maximum Gasteiger partial charge on any atom is 0.172 e. The van der Waals surface area contributed by atoms with Crippen LogP contribution in [0.4, 0.5) is 11.6 Å². The van der Waals surface area contributed by atoms with Gasteiger partial charge < -0.3 is 9.80 Å². The number of rotatable bonds is 2. The monoisotopic (exact) mass is 360 g/mol. The second-order valence-corrected chi connectivity index (χ2v) is 9.57. The van der Waals surface area contributed by atoms with Gasteiger partial charge in [0.25, 0.3) is 0 Å². The molecule has 0 bridgehead atoms. The van der Waals surface area contributed by atoms with Crippen LogP contribution in [0.1, 0.15) is 26.2 Å². The Bertz CT molecular complexity index is 878. The van der Waals surface area contributed by atoms with Gasteiger partial charge in [-0.15, -0.1) is 0 Å². The minimum atomic E-state index is -2.99. The fourth-order valence-corrected chi connectivity index (χ4v) is 4.94. The first kappa shape index (κ1) is 16.6. The average molecular weight is 360 g/mol. The number of hydrogen-bond acceptors (Lipinski definition) is 6. The molecule has 0 aliphatic carbocycles. The van der Waals surface area contributed by atoms with Crippen molar-refractivity contribution in [3.05, 3.63) is 24.3 Å². The van der Waals surface area contributed by atoms with Crippen molar-refractivity contribution in [3.63, 3.8) is 0 Å². The summed E-state index contributed by atoms with van der Waals surface area (Å²) in [7, 11) is -2.99. The Balaban J connectivity index is 1.77. The van der Waals surface area contributed by atoms with E-state index in [1.165, 1.54) is 19.3 Å². The van der Waals surface area contributed by atoms with Crippen LogP contribution in [-0.2, 0) is 9.84 Å². The quantitative estimate of drug-likeness (QED) is 0.818. The van der Waals surface area contributed by atoms with Crippen LogP contribution in [0, 0.1) is 0 Å². The highest BCUT2D eigenvalue weighted by molar-refractivity contribution is 7.92. The molecule has 2 aliphatic heterocycles. The highest BCUT2D eigenvalue weighted by Gasteiger charge is 2.32. The largest absolute Gasteiger partial charge is 0.354 e. The molecule has 2 aliphatic rings. The number of benzene rings is 1. The molecular weight excluding hydrogens is 336 g/mol. The molecule has 0 saturated carbocycles. The maximum atomic E-state index is 12.1. The molecule has 0 N–H and O–H groups in total. The van der Waals surface area contributed by atoms with E-state index in [1.54, 1.807) is 6.92 Å². The van der Waals surface area contributed by atoms with Gasteiger partial charge in [-0.3, -0.25) is 0 Å². The first-order valence-corrected chi connectivity index (χ1v) is 10.7. The van der Waals surface area contributed by atoms with Crippen LogP contribution in [0.25, 0.3) is 11.0 Å². The second kappa shape index (κ2) is 6.44. The molecule has 6 nitrogen and oxygen atoms in total. The Kier molecular flexibility index (Phi) is 4.27. The Morgan fingerprint density at radius 1 is 0.920 bits per heavy atom. The zero-order chi connectivity index (χ0) is 17.4. The number of aromatic nitrogens is 2. The molecule has 1 unspecified atom stereocenters. The van der Waals surface area contributed by atoms with Crippen LogP contribution in [0.2, 0.25) is 0 Å². The van der Waals surface area contributed by atoms with Crippen LogP contribution in [0.3, 0.4) is 0 Å². The predicted molar refractivity (Wildman–Crippen MR) is 101 cm³/mol. The van der Waals surface area contributed by atoms with Crippen molar-refractivity contribution in [3.8, 4) is 0 Å². The summed E-state index contributed by atoms with van der Waals surface area (Å²) in [5, 5.41) is -0.372. The number of anilines is 2. The van der Waals surface area contributed by atoms with Gasteiger partial charge in [0.05, 0.1) is 22.0 Å². The molecule has 3 heterocycles. The molecular formula is C18H24N4O2S. The zero-order valence-electron chi connectivity index (χ0n) is 14.6. The van der Waals surface area contributed by atoms with E-state index in [4.69, 9.17) is 9.97 Å². The zero-order valence-corrected chi connectivity index (χ0v) is 15.4. The fraction of sp³-hybridized carbons (Fsp3) is 0.556. The van der Waals surface area contributed by atoms with E-state index in [1.807, 2.05) is 24.3 Å². The van der Waals surface area contributed by atoms with E-state index >= 15 is 0 Å². The van der Waals surface area contributed by atoms with Gasteiger partial charge in [-0.25, -0.2) is 18.4 Å². The molecule has 25 heavy (non-hydrogen) atoms. The van der Waals surface area contributed by atoms with Crippen molar-refractivity contribution in [2.75, 3.05) is 41.7 Å². The van der Waals surface area contributed by atoms with Crippen LogP contribution in [0.5, 0.6) is 0 Å². The summed E-state index contributed by atoms with van der Waals surface area (Å²) in [6.45, 7) is 4.73. The van der Waals surface area contributed by atoms with Crippen molar-refractivity contribution in [1.82, 2.24) is 9.97 Å². The smallest absolute Gasteiger partial charge is 0.172 e. The highest BCUT2D eigenvalue weighted by atomic mass is 32.2. The number of para-hydroxylation sites is 2. The lowest BCUT2D eigenvalue weighted by Gasteiger charge is -2.36. The molecule has 0 amide bonds. The van der Waals surface area contributed by atoms with Gasteiger partial charge in [-0.1, -0.05) is 12.1 Å². The molecule has 0 spiro atoms. The fourth-order valence-electron chi connectivity index (χ4n) is 3.66. The van der Waals surface area contributed by atoms with Gasteiger partial charge in [0.2, 0.25) is 0 Å². The van der Waals surface area contributed by atoms with Gasteiger partial charge in [0.1, 0.15) is 0 Å². The highest BCUT2D eigenvalue weighted by Crippen LogP contribution is 2.31. The van der Waals surface area contributed by atoms with Crippen LogP contribution in [0.15, 0.2) is 24.3 Å². The normalized spacial score (nSPS) is 23.8. The van der Waals surface area contributed by atoms with Crippen LogP contribution < -0.4 is 9.80 Å². The van der Waals surface area contributed by atoms with E-state index in [9.17, 15) is 8.42 Å². The summed E-state index contributed by atoms with van der Waals surface area (Å²) in [5.74, 6) is 1.93. The number of sulfone groups is 1. The summed E-state index contributed by atoms with van der Waals surface area (Å²) in [4.78, 5) is 14.2. The molecule has 1 aromatic heterocycles. The minimum absolute atomic E-state index is 0.183. The lowest BCUT2D eigenvalue weighted by atomic mass is 10.1. The third-order valence-corrected chi connectivity index (χ3v) is 7.35. The third-order valence-electron chi connectivity index (χ3n) is 5.23. The first-order chi connectivity index (χ1) is 12.0. The topological polar surface area (TPSA) is 66.4 Å². The maximum absolute atomic E-state index is 12.1. The number of piperidine rings is 1. The summed E-state index contributed by atoms with van der Waals surface area (Å²) >= 11 is 0. The Hall–Kier alpha value is -1.89. The van der Waals surface area contributed by atoms with Crippen molar-refractivity contribution in [1.29, 1.82) is 0 Å². The summed E-state index contributed by atoms with van der Waals surface area (Å²) in [6.07, 6.45) is 3.59. The minimum Gasteiger partial charge on any atom is -0.354 e. The summed E-state index contributed by atoms with van der Waals surface area (Å²) in [5.41, 5.74) is 1.75. The predicted octanol–water partition coefficient (Wildman–Crippen LogP) is 2.24. The van der Waals surface area contributed by atoms with Crippen molar-refractivity contribution in [2.24, 2.45) is 0 Å². The second-order valence-electron chi connectivity index (χ2n) is 7.03. The molecule has 4 rings (SSSR count). The van der Waals surface area contributed by atoms with Crippen LogP contribution in [-0.4, -0.2) is 55.6 Å². The van der Waals surface area contributed by atoms with E-state index in [2.05, 4.69) is 9.80 Å². The molecule has 134 valence electrons. The SMILES string of the molecule is CC1CN(c2nc3ccccc3nc2N2CCCCC2)CCS1(=O)=O. The van der Waals surface area contributed by atoms with Gasteiger partial charge in [-0.05, 0) is 38.3 Å². The molecule has 2 saturated heterocycles.